The maximum Gasteiger partial charge on any atom is 0.411 e. The molecule has 0 bridgehead atoms. The molecular formula is C7H13BrF3NO. The molecule has 0 saturated heterocycles. The molecule has 0 aromatic rings. The van der Waals surface area contributed by atoms with Gasteiger partial charge in [-0.2, -0.15) is 13.2 Å². The van der Waals surface area contributed by atoms with E-state index in [2.05, 4.69) is 26.0 Å². The Morgan fingerprint density at radius 1 is 1.46 bits per heavy atom. The zero-order valence-electron chi connectivity index (χ0n) is 7.33. The van der Waals surface area contributed by atoms with E-state index in [4.69, 9.17) is 0 Å². The summed E-state index contributed by atoms with van der Waals surface area (Å²) in [6.45, 7) is 1.27. The van der Waals surface area contributed by atoms with Crippen LogP contribution in [0.15, 0.2) is 0 Å². The fourth-order valence-electron chi connectivity index (χ4n) is 0.620. The molecular weight excluding hydrogens is 251 g/mol. The Balaban J connectivity index is 3.18. The van der Waals surface area contributed by atoms with Gasteiger partial charge in [-0.15, -0.1) is 0 Å². The third-order valence-electron chi connectivity index (χ3n) is 1.24. The van der Waals surface area contributed by atoms with Crippen LogP contribution in [0, 0.1) is 0 Å². The molecule has 0 heterocycles. The molecule has 1 atom stereocenters. The second kappa shape index (κ2) is 6.62. The molecule has 0 aliphatic rings. The second-order valence-corrected chi connectivity index (χ2v) is 3.32. The van der Waals surface area contributed by atoms with Crippen molar-refractivity contribution in [1.82, 2.24) is 5.32 Å². The molecule has 0 saturated carbocycles. The summed E-state index contributed by atoms with van der Waals surface area (Å²) in [6, 6.07) is 0.245. The van der Waals surface area contributed by atoms with E-state index < -0.39 is 12.8 Å². The van der Waals surface area contributed by atoms with Crippen molar-refractivity contribution in [2.24, 2.45) is 0 Å². The summed E-state index contributed by atoms with van der Waals surface area (Å²) in [7, 11) is 0. The molecule has 0 rings (SSSR count). The third-order valence-corrected chi connectivity index (χ3v) is 2.21. The fourth-order valence-corrected chi connectivity index (χ4v) is 0.849. The van der Waals surface area contributed by atoms with Crippen molar-refractivity contribution in [2.45, 2.75) is 19.1 Å². The standard InChI is InChI=1S/C7H13BrF3NO/c1-6(4-8)12-2-3-13-5-7(9,10)11/h6,12H,2-5H2,1H3. The molecule has 6 heteroatoms. The van der Waals surface area contributed by atoms with Crippen LogP contribution < -0.4 is 5.32 Å². The van der Waals surface area contributed by atoms with Crippen molar-refractivity contribution in [3.8, 4) is 0 Å². The highest BCUT2D eigenvalue weighted by Gasteiger charge is 2.27. The molecule has 0 aromatic heterocycles. The summed E-state index contributed by atoms with van der Waals surface area (Å²) < 4.78 is 39.1. The second-order valence-electron chi connectivity index (χ2n) is 2.68. The van der Waals surface area contributed by atoms with Crippen LogP contribution >= 0.6 is 15.9 Å². The number of hydrogen-bond donors (Lipinski definition) is 1. The summed E-state index contributed by atoms with van der Waals surface area (Å²) in [6.07, 6.45) is -4.22. The normalized spacial score (nSPS) is 14.5. The van der Waals surface area contributed by atoms with Gasteiger partial charge < -0.3 is 10.1 Å². The Kier molecular flexibility index (Phi) is 6.71. The molecule has 0 aromatic carbocycles. The number of rotatable bonds is 6. The first-order valence-corrected chi connectivity index (χ1v) is 5.01. The molecule has 1 unspecified atom stereocenters. The van der Waals surface area contributed by atoms with Crippen LogP contribution in [-0.2, 0) is 4.74 Å². The van der Waals surface area contributed by atoms with Crippen LogP contribution in [0.5, 0.6) is 0 Å². The van der Waals surface area contributed by atoms with Gasteiger partial charge in [0.1, 0.15) is 6.61 Å². The number of alkyl halides is 4. The number of nitrogens with one attached hydrogen (secondary N) is 1. The average Bonchev–Trinajstić information content (AvgIpc) is 2.01. The third kappa shape index (κ3) is 10.1. The first kappa shape index (κ1) is 13.2. The first-order chi connectivity index (χ1) is 5.95. The molecule has 0 aliphatic heterocycles. The van der Waals surface area contributed by atoms with Gasteiger partial charge in [0.05, 0.1) is 6.61 Å². The molecule has 0 aliphatic carbocycles. The quantitative estimate of drug-likeness (QED) is 0.584. The van der Waals surface area contributed by atoms with Gasteiger partial charge in [-0.1, -0.05) is 15.9 Å². The number of ether oxygens (including phenoxy) is 1. The SMILES string of the molecule is CC(CBr)NCCOCC(F)(F)F. The van der Waals surface area contributed by atoms with E-state index in [0.29, 0.717) is 6.54 Å². The van der Waals surface area contributed by atoms with Gasteiger partial charge in [-0.25, -0.2) is 0 Å². The Bertz CT molecular complexity index is 131. The maximum atomic E-state index is 11.6. The van der Waals surface area contributed by atoms with Crippen LogP contribution in [0.2, 0.25) is 0 Å². The Labute approximate surface area is 84.0 Å². The molecule has 0 amide bonds. The van der Waals surface area contributed by atoms with E-state index in [1.807, 2.05) is 6.92 Å². The lowest BCUT2D eigenvalue weighted by molar-refractivity contribution is -0.173. The first-order valence-electron chi connectivity index (χ1n) is 3.89. The van der Waals surface area contributed by atoms with Gasteiger partial charge in [0, 0.05) is 17.9 Å². The molecule has 13 heavy (non-hydrogen) atoms. The minimum absolute atomic E-state index is 0.0802. The highest BCUT2D eigenvalue weighted by molar-refractivity contribution is 9.09. The Morgan fingerprint density at radius 2 is 2.08 bits per heavy atom. The Hall–Kier alpha value is 0.190. The summed E-state index contributed by atoms with van der Waals surface area (Å²) in [5.74, 6) is 0. The minimum atomic E-state index is -4.22. The van der Waals surface area contributed by atoms with Gasteiger partial charge in [0.2, 0.25) is 0 Å². The van der Waals surface area contributed by atoms with E-state index in [1.165, 1.54) is 0 Å². The average molecular weight is 264 g/mol. The van der Waals surface area contributed by atoms with E-state index >= 15 is 0 Å². The zero-order chi connectivity index (χ0) is 10.3. The van der Waals surface area contributed by atoms with Crippen LogP contribution in [-0.4, -0.2) is 37.3 Å². The summed E-state index contributed by atoms with van der Waals surface area (Å²) in [4.78, 5) is 0. The Morgan fingerprint density at radius 3 is 2.54 bits per heavy atom. The van der Waals surface area contributed by atoms with Gasteiger partial charge in [0.15, 0.2) is 0 Å². The highest BCUT2D eigenvalue weighted by atomic mass is 79.9. The molecule has 80 valence electrons. The molecule has 2 nitrogen and oxygen atoms in total. The summed E-state index contributed by atoms with van der Waals surface area (Å²) in [5.41, 5.74) is 0. The molecule has 0 radical (unpaired) electrons. The van der Waals surface area contributed by atoms with Crippen molar-refractivity contribution < 1.29 is 17.9 Å². The number of halogens is 4. The molecule has 0 fully saturated rings. The lowest BCUT2D eigenvalue weighted by Gasteiger charge is -2.11. The van der Waals surface area contributed by atoms with E-state index in [-0.39, 0.29) is 12.6 Å². The smallest absolute Gasteiger partial charge is 0.371 e. The van der Waals surface area contributed by atoms with Crippen molar-refractivity contribution in [3.63, 3.8) is 0 Å². The van der Waals surface area contributed by atoms with E-state index in [9.17, 15) is 13.2 Å². The van der Waals surface area contributed by atoms with Gasteiger partial charge in [-0.3, -0.25) is 0 Å². The van der Waals surface area contributed by atoms with Crippen molar-refractivity contribution in [3.05, 3.63) is 0 Å². The largest absolute Gasteiger partial charge is 0.411 e. The minimum Gasteiger partial charge on any atom is -0.371 e. The number of hydrogen-bond acceptors (Lipinski definition) is 2. The predicted molar refractivity (Wildman–Crippen MR) is 48.1 cm³/mol. The lowest BCUT2D eigenvalue weighted by Crippen LogP contribution is -2.31. The topological polar surface area (TPSA) is 21.3 Å². The molecule has 0 spiro atoms. The zero-order valence-corrected chi connectivity index (χ0v) is 8.91. The van der Waals surface area contributed by atoms with Crippen molar-refractivity contribution in [2.75, 3.05) is 25.1 Å². The van der Waals surface area contributed by atoms with Crippen LogP contribution in [0.25, 0.3) is 0 Å². The monoisotopic (exact) mass is 263 g/mol. The van der Waals surface area contributed by atoms with Crippen LogP contribution in [0.3, 0.4) is 0 Å². The highest BCUT2D eigenvalue weighted by Crippen LogP contribution is 2.13. The fraction of sp³-hybridized carbons (Fsp3) is 1.00. The van der Waals surface area contributed by atoms with Crippen molar-refractivity contribution >= 4 is 15.9 Å². The predicted octanol–water partition coefficient (Wildman–Crippen LogP) is 1.94. The van der Waals surface area contributed by atoms with Crippen LogP contribution in [0.4, 0.5) is 13.2 Å². The lowest BCUT2D eigenvalue weighted by atomic mass is 10.4. The maximum absolute atomic E-state index is 11.6. The van der Waals surface area contributed by atoms with Crippen LogP contribution in [0.1, 0.15) is 6.92 Å². The van der Waals surface area contributed by atoms with E-state index in [1.54, 1.807) is 0 Å². The van der Waals surface area contributed by atoms with Gasteiger partial charge >= 0.3 is 6.18 Å². The molecule has 1 N–H and O–H groups in total. The van der Waals surface area contributed by atoms with Gasteiger partial charge in [0.25, 0.3) is 0 Å². The summed E-state index contributed by atoms with van der Waals surface area (Å²) in [5, 5.41) is 3.75. The van der Waals surface area contributed by atoms with E-state index in [0.717, 1.165) is 5.33 Å². The van der Waals surface area contributed by atoms with Crippen molar-refractivity contribution in [1.29, 1.82) is 0 Å². The van der Waals surface area contributed by atoms with Gasteiger partial charge in [-0.05, 0) is 6.92 Å². The summed E-state index contributed by atoms with van der Waals surface area (Å²) >= 11 is 3.23.